The molecule has 0 unspecified atom stereocenters. The van der Waals surface area contributed by atoms with E-state index in [4.69, 9.17) is 0 Å². The first-order valence-electron chi connectivity index (χ1n) is 6.88. The Kier molecular flexibility index (Phi) is 5.42. The van der Waals surface area contributed by atoms with Crippen molar-refractivity contribution in [3.05, 3.63) is 0 Å². The van der Waals surface area contributed by atoms with Gasteiger partial charge in [0.15, 0.2) is 0 Å². The molecule has 0 rings (SSSR count). The molecule has 0 heterocycles. The topological polar surface area (TPSA) is 23.6 Å². The van der Waals surface area contributed by atoms with Crippen LogP contribution >= 0.6 is 0 Å². The number of likely N-dealkylation sites (N-methyl/N-ethyl adjacent to an activating group) is 2. The van der Waals surface area contributed by atoms with Gasteiger partial charge in [-0.2, -0.15) is 0 Å². The van der Waals surface area contributed by atoms with Crippen molar-refractivity contribution in [3.63, 3.8) is 0 Å². The zero-order valence-corrected chi connectivity index (χ0v) is 14.0. The molecular formula is C15H32N2O. The van der Waals surface area contributed by atoms with E-state index in [-0.39, 0.29) is 22.9 Å². The van der Waals surface area contributed by atoms with Crippen LogP contribution in [0.3, 0.4) is 0 Å². The van der Waals surface area contributed by atoms with Crippen molar-refractivity contribution in [1.82, 2.24) is 9.80 Å². The van der Waals surface area contributed by atoms with Crippen LogP contribution in [0.4, 0.5) is 0 Å². The van der Waals surface area contributed by atoms with Crippen LogP contribution in [0.2, 0.25) is 0 Å². The lowest BCUT2D eigenvalue weighted by atomic mass is 9.79. The second-order valence-corrected chi connectivity index (χ2v) is 6.87. The molecule has 0 aromatic heterocycles. The highest BCUT2D eigenvalue weighted by Crippen LogP contribution is 2.33. The number of hydrogen-bond donors (Lipinski definition) is 0. The van der Waals surface area contributed by atoms with Gasteiger partial charge in [-0.15, -0.1) is 0 Å². The lowest BCUT2D eigenvalue weighted by Crippen LogP contribution is -2.66. The quantitative estimate of drug-likeness (QED) is 0.755. The summed E-state index contributed by atoms with van der Waals surface area (Å²) in [5.74, 6) is 0.236. The van der Waals surface area contributed by atoms with E-state index in [9.17, 15) is 4.79 Å². The van der Waals surface area contributed by atoms with Crippen molar-refractivity contribution in [2.75, 3.05) is 14.1 Å². The lowest BCUT2D eigenvalue weighted by molar-refractivity contribution is -0.144. The number of hydrogen-bond acceptors (Lipinski definition) is 2. The molecule has 0 radical (unpaired) electrons. The summed E-state index contributed by atoms with van der Waals surface area (Å²) < 4.78 is 0. The zero-order chi connectivity index (χ0) is 14.9. The third-order valence-corrected chi connectivity index (χ3v) is 4.82. The second-order valence-electron chi connectivity index (χ2n) is 6.87. The molecule has 0 aliphatic rings. The van der Waals surface area contributed by atoms with E-state index in [1.54, 1.807) is 0 Å². The van der Waals surface area contributed by atoms with Gasteiger partial charge in [0.05, 0.1) is 5.54 Å². The summed E-state index contributed by atoms with van der Waals surface area (Å²) in [6.07, 6.45) is 0. The fourth-order valence-electron chi connectivity index (χ4n) is 2.15. The van der Waals surface area contributed by atoms with E-state index in [0.717, 1.165) is 0 Å². The predicted molar refractivity (Wildman–Crippen MR) is 78.7 cm³/mol. The first kappa shape index (κ1) is 17.4. The highest BCUT2D eigenvalue weighted by atomic mass is 16.2. The molecule has 0 saturated carbocycles. The van der Waals surface area contributed by atoms with Crippen LogP contribution in [0.15, 0.2) is 0 Å². The van der Waals surface area contributed by atoms with Gasteiger partial charge >= 0.3 is 0 Å². The molecule has 3 nitrogen and oxygen atoms in total. The van der Waals surface area contributed by atoms with Crippen LogP contribution in [0, 0.1) is 5.92 Å². The molecule has 0 N–H and O–H groups in total. The van der Waals surface area contributed by atoms with Crippen LogP contribution in [0.25, 0.3) is 0 Å². The highest BCUT2D eigenvalue weighted by molar-refractivity contribution is 5.78. The van der Waals surface area contributed by atoms with Gasteiger partial charge in [-0.1, -0.05) is 13.8 Å². The summed E-state index contributed by atoms with van der Waals surface area (Å²) >= 11 is 0. The number of rotatable bonds is 5. The molecule has 108 valence electrons. The minimum atomic E-state index is -0.229. The molecule has 0 saturated heterocycles. The smallest absolute Gasteiger partial charge is 0.225 e. The van der Waals surface area contributed by atoms with Gasteiger partial charge in [0.25, 0.3) is 0 Å². The minimum absolute atomic E-state index is 0.0365. The molecular weight excluding hydrogens is 224 g/mol. The van der Waals surface area contributed by atoms with Gasteiger partial charge in [-0.25, -0.2) is 0 Å². The molecule has 0 fully saturated rings. The summed E-state index contributed by atoms with van der Waals surface area (Å²) in [6, 6.07) is 0.446. The van der Waals surface area contributed by atoms with Gasteiger partial charge in [0.1, 0.15) is 0 Å². The van der Waals surface area contributed by atoms with E-state index in [1.165, 1.54) is 0 Å². The van der Waals surface area contributed by atoms with E-state index in [0.29, 0.717) is 6.04 Å². The van der Waals surface area contributed by atoms with E-state index in [2.05, 4.69) is 53.5 Å². The summed E-state index contributed by atoms with van der Waals surface area (Å²) in [5.41, 5.74) is -0.326. The van der Waals surface area contributed by atoms with E-state index >= 15 is 0 Å². The predicted octanol–water partition coefficient (Wildman–Crippen LogP) is 3.00. The van der Waals surface area contributed by atoms with Gasteiger partial charge in [-0.3, -0.25) is 9.69 Å². The minimum Gasteiger partial charge on any atom is -0.339 e. The van der Waals surface area contributed by atoms with Crippen molar-refractivity contribution >= 4 is 5.91 Å². The third kappa shape index (κ3) is 3.05. The second kappa shape index (κ2) is 5.60. The Balaban J connectivity index is 5.29. The van der Waals surface area contributed by atoms with Gasteiger partial charge in [-0.05, 0) is 48.6 Å². The van der Waals surface area contributed by atoms with E-state index in [1.807, 2.05) is 25.8 Å². The van der Waals surface area contributed by atoms with Crippen LogP contribution in [0.5, 0.6) is 0 Å². The van der Waals surface area contributed by atoms with Crippen molar-refractivity contribution in [2.24, 2.45) is 5.92 Å². The van der Waals surface area contributed by atoms with Gasteiger partial charge < -0.3 is 4.90 Å². The Morgan fingerprint density at radius 2 is 1.28 bits per heavy atom. The van der Waals surface area contributed by atoms with Crippen LogP contribution in [-0.2, 0) is 4.79 Å². The van der Waals surface area contributed by atoms with Crippen LogP contribution < -0.4 is 0 Å². The van der Waals surface area contributed by atoms with Gasteiger partial charge in [0, 0.05) is 24.5 Å². The number of nitrogens with zero attached hydrogens (tertiary/aromatic N) is 2. The molecule has 18 heavy (non-hydrogen) atoms. The molecule has 1 amide bonds. The maximum atomic E-state index is 12.2. The maximum absolute atomic E-state index is 12.2. The fourth-order valence-corrected chi connectivity index (χ4v) is 2.15. The van der Waals surface area contributed by atoms with Crippen molar-refractivity contribution in [3.8, 4) is 0 Å². The molecule has 0 aliphatic carbocycles. The molecule has 0 bridgehead atoms. The lowest BCUT2D eigenvalue weighted by Gasteiger charge is -2.53. The number of carbonyl (C=O) groups excluding carboxylic acids is 1. The SMILES string of the molecule is CC(C)C(=O)N(C)C(C)(C)C(C)(C)N(C)C(C)C. The Labute approximate surface area is 114 Å². The Bertz CT molecular complexity index is 293. The van der Waals surface area contributed by atoms with Gasteiger partial charge in [0.2, 0.25) is 5.91 Å². The van der Waals surface area contributed by atoms with Crippen LogP contribution in [0.1, 0.15) is 55.4 Å². The number of carbonyl (C=O) groups is 1. The van der Waals surface area contributed by atoms with Crippen molar-refractivity contribution in [1.29, 1.82) is 0 Å². The standard InChI is InChI=1S/C15H32N2O/c1-11(2)13(18)17(10)15(7,8)14(5,6)16(9)12(3)4/h11-12H,1-10H3. The molecule has 0 aromatic carbocycles. The maximum Gasteiger partial charge on any atom is 0.225 e. The average Bonchev–Trinajstić information content (AvgIpc) is 2.24. The Morgan fingerprint density at radius 1 is 0.889 bits per heavy atom. The highest BCUT2D eigenvalue weighted by Gasteiger charge is 2.45. The van der Waals surface area contributed by atoms with Crippen LogP contribution in [-0.4, -0.2) is 46.9 Å². The molecule has 0 aliphatic heterocycles. The van der Waals surface area contributed by atoms with Crippen molar-refractivity contribution < 1.29 is 4.79 Å². The molecule has 0 spiro atoms. The first-order chi connectivity index (χ1) is 7.87. The zero-order valence-electron chi connectivity index (χ0n) is 14.0. The molecule has 3 heteroatoms. The normalized spacial score (nSPS) is 13.6. The Morgan fingerprint density at radius 3 is 1.56 bits per heavy atom. The Hall–Kier alpha value is -0.570. The summed E-state index contributed by atoms with van der Waals surface area (Å²) in [6.45, 7) is 17.0. The third-order valence-electron chi connectivity index (χ3n) is 4.82. The monoisotopic (exact) mass is 256 g/mol. The first-order valence-corrected chi connectivity index (χ1v) is 6.88. The fraction of sp³-hybridized carbons (Fsp3) is 0.933. The summed E-state index contributed by atoms with van der Waals surface area (Å²) in [5, 5.41) is 0. The average molecular weight is 256 g/mol. The molecule has 0 aromatic rings. The molecule has 0 atom stereocenters. The largest absolute Gasteiger partial charge is 0.339 e. The van der Waals surface area contributed by atoms with E-state index < -0.39 is 0 Å². The summed E-state index contributed by atoms with van der Waals surface area (Å²) in [4.78, 5) is 16.5. The summed E-state index contributed by atoms with van der Waals surface area (Å²) in [7, 11) is 4.04. The van der Waals surface area contributed by atoms with Crippen molar-refractivity contribution in [2.45, 2.75) is 72.5 Å². The number of amides is 1.